The molecule has 1 aliphatic heterocycles. The van der Waals surface area contributed by atoms with Crippen molar-refractivity contribution in [3.8, 4) is 0 Å². The van der Waals surface area contributed by atoms with Crippen LogP contribution in [-0.2, 0) is 10.0 Å². The summed E-state index contributed by atoms with van der Waals surface area (Å²) in [6.07, 6.45) is 4.82. The number of halogens is 2. The van der Waals surface area contributed by atoms with Gasteiger partial charge in [0, 0.05) is 38.6 Å². The van der Waals surface area contributed by atoms with Crippen LogP contribution >= 0.6 is 11.6 Å². The molecule has 0 radical (unpaired) electrons. The van der Waals surface area contributed by atoms with E-state index in [0.29, 0.717) is 32.0 Å². The van der Waals surface area contributed by atoms with Gasteiger partial charge in [-0.1, -0.05) is 11.6 Å². The van der Waals surface area contributed by atoms with Crippen LogP contribution in [0.2, 0.25) is 5.02 Å². The molecule has 0 atom stereocenters. The summed E-state index contributed by atoms with van der Waals surface area (Å²) < 4.78 is 39.7. The van der Waals surface area contributed by atoms with E-state index in [1.54, 1.807) is 18.6 Å². The monoisotopic (exact) mass is 356 g/mol. The highest BCUT2D eigenvalue weighted by Crippen LogP contribution is 2.26. The lowest BCUT2D eigenvalue weighted by atomic mass is 10.3. The van der Waals surface area contributed by atoms with E-state index in [1.807, 2.05) is 4.90 Å². The second-order valence-corrected chi connectivity index (χ2v) is 7.34. The third-order valence-electron chi connectivity index (χ3n) is 3.62. The first-order chi connectivity index (χ1) is 11.0. The van der Waals surface area contributed by atoms with E-state index in [0.717, 1.165) is 12.1 Å². The van der Waals surface area contributed by atoms with Gasteiger partial charge in [0.15, 0.2) is 0 Å². The van der Waals surface area contributed by atoms with Crippen LogP contribution in [0, 0.1) is 5.82 Å². The van der Waals surface area contributed by atoms with Gasteiger partial charge in [-0.05, 0) is 18.2 Å². The first-order valence-corrected chi connectivity index (χ1v) is 8.76. The highest BCUT2D eigenvalue weighted by molar-refractivity contribution is 7.89. The summed E-state index contributed by atoms with van der Waals surface area (Å²) in [5.41, 5.74) is 0. The number of benzene rings is 1. The smallest absolute Gasteiger partial charge is 0.244 e. The Morgan fingerprint density at radius 1 is 1.13 bits per heavy atom. The topological polar surface area (TPSA) is 66.4 Å². The molecule has 122 valence electrons. The average Bonchev–Trinajstić information content (AvgIpc) is 2.55. The van der Waals surface area contributed by atoms with E-state index >= 15 is 0 Å². The summed E-state index contributed by atoms with van der Waals surface area (Å²) in [4.78, 5) is 10.1. The van der Waals surface area contributed by atoms with Gasteiger partial charge in [0.2, 0.25) is 10.0 Å². The lowest BCUT2D eigenvalue weighted by molar-refractivity contribution is 0.383. The number of piperazine rings is 1. The van der Waals surface area contributed by atoms with Gasteiger partial charge in [0.25, 0.3) is 0 Å². The molecule has 1 aromatic carbocycles. The quantitative estimate of drug-likeness (QED) is 0.838. The van der Waals surface area contributed by atoms with Crippen LogP contribution < -0.4 is 4.90 Å². The van der Waals surface area contributed by atoms with E-state index in [9.17, 15) is 12.8 Å². The van der Waals surface area contributed by atoms with E-state index in [2.05, 4.69) is 9.97 Å². The SMILES string of the molecule is O=S(=O)(c1ccc(F)cc1Cl)N1CCN(c2cnccn2)CC1. The maximum absolute atomic E-state index is 13.1. The van der Waals surface area contributed by atoms with Crippen molar-refractivity contribution in [2.45, 2.75) is 4.90 Å². The molecule has 2 heterocycles. The predicted octanol–water partition coefficient (Wildman–Crippen LogP) is 1.78. The molecule has 0 bridgehead atoms. The summed E-state index contributed by atoms with van der Waals surface area (Å²) in [6.45, 7) is 1.59. The van der Waals surface area contributed by atoms with Gasteiger partial charge in [-0.2, -0.15) is 4.31 Å². The number of nitrogens with zero attached hydrogens (tertiary/aromatic N) is 4. The average molecular weight is 357 g/mol. The minimum absolute atomic E-state index is 0.0754. The Morgan fingerprint density at radius 2 is 1.87 bits per heavy atom. The molecule has 9 heteroatoms. The summed E-state index contributed by atoms with van der Waals surface area (Å²) in [7, 11) is -3.74. The standard InChI is InChI=1S/C14H14ClFN4O2S/c15-12-9-11(16)1-2-13(12)23(21,22)20-7-5-19(6-8-20)14-10-17-3-4-18-14/h1-4,9-10H,5-8H2. The van der Waals surface area contributed by atoms with E-state index < -0.39 is 15.8 Å². The second kappa shape index (κ2) is 6.38. The van der Waals surface area contributed by atoms with Crippen LogP contribution in [0.1, 0.15) is 0 Å². The fraction of sp³-hybridized carbons (Fsp3) is 0.286. The van der Waals surface area contributed by atoms with Crippen molar-refractivity contribution in [2.24, 2.45) is 0 Å². The zero-order chi connectivity index (χ0) is 16.4. The van der Waals surface area contributed by atoms with E-state index in [1.165, 1.54) is 10.4 Å². The second-order valence-electron chi connectivity index (χ2n) is 5.03. The summed E-state index contributed by atoms with van der Waals surface area (Å²) in [5, 5.41) is -0.110. The van der Waals surface area contributed by atoms with Crippen molar-refractivity contribution >= 4 is 27.4 Å². The van der Waals surface area contributed by atoms with Crippen LogP contribution in [0.4, 0.5) is 10.2 Å². The third-order valence-corrected chi connectivity index (χ3v) is 6.01. The molecule has 0 amide bonds. The fourth-order valence-electron chi connectivity index (χ4n) is 2.44. The number of anilines is 1. The van der Waals surface area contributed by atoms with E-state index in [-0.39, 0.29) is 9.92 Å². The van der Waals surface area contributed by atoms with Crippen LogP contribution in [0.15, 0.2) is 41.7 Å². The lowest BCUT2D eigenvalue weighted by Gasteiger charge is -2.34. The molecule has 1 saturated heterocycles. The van der Waals surface area contributed by atoms with Crippen molar-refractivity contribution in [3.05, 3.63) is 47.6 Å². The van der Waals surface area contributed by atoms with Crippen LogP contribution in [-0.4, -0.2) is 48.9 Å². The number of rotatable bonds is 3. The summed E-state index contributed by atoms with van der Waals surface area (Å²) in [6, 6.07) is 3.29. The Kier molecular flexibility index (Phi) is 4.47. The Morgan fingerprint density at radius 3 is 2.48 bits per heavy atom. The van der Waals surface area contributed by atoms with Crippen molar-refractivity contribution in [2.75, 3.05) is 31.1 Å². The zero-order valence-electron chi connectivity index (χ0n) is 12.1. The van der Waals surface area contributed by atoms with Gasteiger partial charge in [0.1, 0.15) is 16.5 Å². The minimum Gasteiger partial charge on any atom is -0.353 e. The first-order valence-electron chi connectivity index (χ1n) is 6.94. The number of aromatic nitrogens is 2. The molecule has 2 aromatic rings. The molecule has 6 nitrogen and oxygen atoms in total. The Hall–Kier alpha value is -1.77. The van der Waals surface area contributed by atoms with Gasteiger partial charge in [-0.3, -0.25) is 4.98 Å². The zero-order valence-corrected chi connectivity index (χ0v) is 13.6. The van der Waals surface area contributed by atoms with Gasteiger partial charge < -0.3 is 4.90 Å². The van der Waals surface area contributed by atoms with Crippen molar-refractivity contribution in [1.82, 2.24) is 14.3 Å². The summed E-state index contributed by atoms with van der Waals surface area (Å²) in [5.74, 6) is 0.144. The molecule has 3 rings (SSSR count). The normalized spacial score (nSPS) is 16.5. The van der Waals surface area contributed by atoms with Crippen LogP contribution in [0.3, 0.4) is 0 Å². The van der Waals surface area contributed by atoms with Crippen molar-refractivity contribution < 1.29 is 12.8 Å². The molecule has 0 spiro atoms. The van der Waals surface area contributed by atoms with Crippen LogP contribution in [0.25, 0.3) is 0 Å². The molecule has 1 aromatic heterocycles. The van der Waals surface area contributed by atoms with Crippen molar-refractivity contribution in [3.63, 3.8) is 0 Å². The summed E-state index contributed by atoms with van der Waals surface area (Å²) >= 11 is 5.88. The van der Waals surface area contributed by atoms with Gasteiger partial charge in [-0.25, -0.2) is 17.8 Å². The Bertz CT molecular complexity index is 796. The minimum atomic E-state index is -3.74. The fourth-order valence-corrected chi connectivity index (χ4v) is 4.36. The Labute approximate surface area is 138 Å². The maximum Gasteiger partial charge on any atom is 0.244 e. The molecule has 0 unspecified atom stereocenters. The molecule has 0 saturated carbocycles. The van der Waals surface area contributed by atoms with Gasteiger partial charge in [0.05, 0.1) is 11.2 Å². The largest absolute Gasteiger partial charge is 0.353 e. The van der Waals surface area contributed by atoms with E-state index in [4.69, 9.17) is 11.6 Å². The molecule has 0 N–H and O–H groups in total. The molecule has 1 fully saturated rings. The predicted molar refractivity (Wildman–Crippen MR) is 84.4 cm³/mol. The molecule has 23 heavy (non-hydrogen) atoms. The molecular weight excluding hydrogens is 343 g/mol. The van der Waals surface area contributed by atoms with Crippen molar-refractivity contribution in [1.29, 1.82) is 0 Å². The number of hydrogen-bond donors (Lipinski definition) is 0. The number of sulfonamides is 1. The van der Waals surface area contributed by atoms with Crippen LogP contribution in [0.5, 0.6) is 0 Å². The van der Waals surface area contributed by atoms with Gasteiger partial charge in [-0.15, -0.1) is 0 Å². The molecular formula is C14H14ClFN4O2S. The Balaban J connectivity index is 1.76. The first kappa shape index (κ1) is 16.1. The lowest BCUT2D eigenvalue weighted by Crippen LogP contribution is -2.49. The molecule has 1 aliphatic rings. The highest BCUT2D eigenvalue weighted by atomic mass is 35.5. The highest BCUT2D eigenvalue weighted by Gasteiger charge is 2.30. The maximum atomic E-state index is 13.1. The van der Waals surface area contributed by atoms with Gasteiger partial charge >= 0.3 is 0 Å². The third kappa shape index (κ3) is 3.29. The molecule has 0 aliphatic carbocycles. The number of hydrogen-bond acceptors (Lipinski definition) is 5.